The van der Waals surface area contributed by atoms with Crippen LogP contribution in [0.15, 0.2) is 33.5 Å². The second-order valence-corrected chi connectivity index (χ2v) is 11.9. The number of carbonyl (C=O) groups is 1. The molecule has 2 aromatic rings. The van der Waals surface area contributed by atoms with Gasteiger partial charge in [-0.1, -0.05) is 31.6 Å². The summed E-state index contributed by atoms with van der Waals surface area (Å²) in [6, 6.07) is 5.51. The van der Waals surface area contributed by atoms with Crippen LogP contribution in [0.2, 0.25) is 0 Å². The minimum atomic E-state index is -4.03. The molecular formula is C17H23N5O5S3. The van der Waals surface area contributed by atoms with Gasteiger partial charge in [0.15, 0.2) is 0 Å². The largest absolute Gasteiger partial charge is 0.300 e. The number of benzene rings is 1. The van der Waals surface area contributed by atoms with E-state index in [0.717, 1.165) is 30.6 Å². The van der Waals surface area contributed by atoms with E-state index in [9.17, 15) is 21.6 Å². The molecule has 0 bridgehead atoms. The molecule has 13 heteroatoms. The molecular weight excluding hydrogens is 450 g/mol. The average molecular weight is 474 g/mol. The molecule has 1 saturated heterocycles. The molecule has 1 aliphatic heterocycles. The number of anilines is 2. The van der Waals surface area contributed by atoms with Crippen LogP contribution < -0.4 is 10.0 Å². The Balaban J connectivity index is 1.71. The van der Waals surface area contributed by atoms with Gasteiger partial charge in [-0.25, -0.2) is 8.42 Å². The molecule has 0 spiro atoms. The van der Waals surface area contributed by atoms with Crippen LogP contribution in [-0.2, 0) is 24.8 Å². The maximum Gasteiger partial charge on any atom is 0.291 e. The molecule has 164 valence electrons. The lowest BCUT2D eigenvalue weighted by Crippen LogP contribution is -2.35. The van der Waals surface area contributed by atoms with Crippen molar-refractivity contribution in [3.63, 3.8) is 0 Å². The van der Waals surface area contributed by atoms with Crippen LogP contribution in [0.1, 0.15) is 33.1 Å². The molecule has 0 aliphatic carbocycles. The van der Waals surface area contributed by atoms with Crippen LogP contribution >= 0.6 is 11.3 Å². The quantitative estimate of drug-likeness (QED) is 0.587. The molecule has 1 amide bonds. The lowest BCUT2D eigenvalue weighted by atomic mass is 10.2. The zero-order valence-electron chi connectivity index (χ0n) is 16.5. The minimum Gasteiger partial charge on any atom is -0.300 e. The lowest BCUT2D eigenvalue weighted by molar-refractivity contribution is -0.118. The van der Waals surface area contributed by atoms with E-state index < -0.39 is 20.0 Å². The summed E-state index contributed by atoms with van der Waals surface area (Å²) in [5.41, 5.74) is 0.190. The first-order valence-corrected chi connectivity index (χ1v) is 13.1. The summed E-state index contributed by atoms with van der Waals surface area (Å²) in [6.07, 6.45) is 2.68. The van der Waals surface area contributed by atoms with Crippen molar-refractivity contribution in [2.45, 2.75) is 42.3 Å². The Bertz CT molecular complexity index is 1100. The Kier molecular flexibility index (Phi) is 6.75. The first-order chi connectivity index (χ1) is 14.1. The van der Waals surface area contributed by atoms with Gasteiger partial charge in [-0.15, -0.1) is 10.2 Å². The van der Waals surface area contributed by atoms with Crippen LogP contribution in [0.5, 0.6) is 0 Å². The van der Waals surface area contributed by atoms with Gasteiger partial charge in [0.1, 0.15) is 0 Å². The third kappa shape index (κ3) is 5.14. The van der Waals surface area contributed by atoms with E-state index in [1.54, 1.807) is 13.8 Å². The van der Waals surface area contributed by atoms with E-state index in [0.29, 0.717) is 13.1 Å². The van der Waals surface area contributed by atoms with Crippen LogP contribution in [0.4, 0.5) is 10.8 Å². The topological polar surface area (TPSA) is 138 Å². The zero-order chi connectivity index (χ0) is 21.9. The summed E-state index contributed by atoms with van der Waals surface area (Å²) in [6.45, 7) is 4.38. The SMILES string of the molecule is CC(C)C(=O)Nc1nnc(S(=O)(=O)Nc2ccc(S(=O)(=O)N3CCCCC3)cc2)s1. The molecule has 2 heterocycles. The van der Waals surface area contributed by atoms with Crippen molar-refractivity contribution in [3.05, 3.63) is 24.3 Å². The predicted octanol–water partition coefficient (Wildman–Crippen LogP) is 2.11. The number of aromatic nitrogens is 2. The van der Waals surface area contributed by atoms with Gasteiger partial charge in [0.25, 0.3) is 14.4 Å². The number of amides is 1. The molecule has 1 aliphatic rings. The summed E-state index contributed by atoms with van der Waals surface area (Å²) >= 11 is 0.724. The highest BCUT2D eigenvalue weighted by Gasteiger charge is 2.26. The van der Waals surface area contributed by atoms with Gasteiger partial charge in [-0.3, -0.25) is 9.52 Å². The van der Waals surface area contributed by atoms with Gasteiger partial charge in [0.2, 0.25) is 21.1 Å². The van der Waals surface area contributed by atoms with Crippen molar-refractivity contribution in [1.82, 2.24) is 14.5 Å². The maximum absolute atomic E-state index is 12.7. The second-order valence-electron chi connectivity index (χ2n) is 7.11. The molecule has 0 saturated carbocycles. The van der Waals surface area contributed by atoms with Crippen LogP contribution in [0, 0.1) is 5.92 Å². The fraction of sp³-hybridized carbons (Fsp3) is 0.471. The highest BCUT2D eigenvalue weighted by molar-refractivity contribution is 7.94. The Hall–Kier alpha value is -2.09. The summed E-state index contributed by atoms with van der Waals surface area (Å²) in [4.78, 5) is 11.8. The van der Waals surface area contributed by atoms with E-state index in [1.165, 1.54) is 28.6 Å². The van der Waals surface area contributed by atoms with Gasteiger partial charge in [-0.05, 0) is 37.1 Å². The number of rotatable bonds is 7. The van der Waals surface area contributed by atoms with Crippen LogP contribution in [0.3, 0.4) is 0 Å². The highest BCUT2D eigenvalue weighted by Crippen LogP contribution is 2.25. The molecule has 0 atom stereocenters. The van der Waals surface area contributed by atoms with Crippen molar-refractivity contribution in [1.29, 1.82) is 0 Å². The van der Waals surface area contributed by atoms with E-state index in [2.05, 4.69) is 20.2 Å². The molecule has 10 nitrogen and oxygen atoms in total. The molecule has 1 fully saturated rings. The number of piperidine rings is 1. The van der Waals surface area contributed by atoms with Crippen molar-refractivity contribution in [2.75, 3.05) is 23.1 Å². The average Bonchev–Trinajstić information content (AvgIpc) is 3.18. The van der Waals surface area contributed by atoms with E-state index in [4.69, 9.17) is 0 Å². The Labute approximate surface area is 179 Å². The van der Waals surface area contributed by atoms with Crippen LogP contribution in [-0.4, -0.2) is 50.3 Å². The third-order valence-corrected chi connectivity index (χ3v) is 8.95. The molecule has 30 heavy (non-hydrogen) atoms. The first kappa shape index (κ1) is 22.6. The standard InChI is InChI=1S/C17H23N5O5S3/c1-12(2)15(23)18-16-19-20-17(28-16)29(24,25)21-13-6-8-14(9-7-13)30(26,27)22-10-4-3-5-11-22/h6-9,12,21H,3-5,10-11H2,1-2H3,(H,18,19,23). The third-order valence-electron chi connectivity index (χ3n) is 4.45. The van der Waals surface area contributed by atoms with Gasteiger partial charge in [-0.2, -0.15) is 12.7 Å². The smallest absolute Gasteiger partial charge is 0.291 e. The summed E-state index contributed by atoms with van der Waals surface area (Å²) < 4.78 is 53.9. The van der Waals surface area contributed by atoms with Crippen molar-refractivity contribution in [2.24, 2.45) is 5.92 Å². The number of hydrogen-bond acceptors (Lipinski definition) is 8. The molecule has 2 N–H and O–H groups in total. The van der Waals surface area contributed by atoms with Crippen molar-refractivity contribution in [3.8, 4) is 0 Å². The number of sulfonamides is 2. The van der Waals surface area contributed by atoms with E-state index in [1.807, 2.05) is 0 Å². The Morgan fingerprint density at radius 2 is 1.67 bits per heavy atom. The lowest BCUT2D eigenvalue weighted by Gasteiger charge is -2.25. The van der Waals surface area contributed by atoms with E-state index in [-0.39, 0.29) is 31.9 Å². The second kappa shape index (κ2) is 8.96. The predicted molar refractivity (Wildman–Crippen MR) is 113 cm³/mol. The van der Waals surface area contributed by atoms with Gasteiger partial charge < -0.3 is 5.32 Å². The minimum absolute atomic E-state index is 0.0806. The summed E-state index contributed by atoms with van der Waals surface area (Å²) in [7, 11) is -7.63. The fourth-order valence-electron chi connectivity index (χ4n) is 2.77. The fourth-order valence-corrected chi connectivity index (χ4v) is 6.25. The van der Waals surface area contributed by atoms with Gasteiger partial charge in [0.05, 0.1) is 4.90 Å². The van der Waals surface area contributed by atoms with Crippen molar-refractivity contribution < 1.29 is 21.6 Å². The van der Waals surface area contributed by atoms with Crippen molar-refractivity contribution >= 4 is 48.1 Å². The van der Waals surface area contributed by atoms with Crippen LogP contribution in [0.25, 0.3) is 0 Å². The Morgan fingerprint density at radius 3 is 2.27 bits per heavy atom. The first-order valence-electron chi connectivity index (χ1n) is 9.37. The normalized spacial score (nSPS) is 15.8. The molecule has 1 aromatic heterocycles. The number of nitrogens with zero attached hydrogens (tertiary/aromatic N) is 3. The highest BCUT2D eigenvalue weighted by atomic mass is 32.2. The summed E-state index contributed by atoms with van der Waals surface area (Å²) in [5, 5.41) is 9.87. The number of carbonyl (C=O) groups excluding carboxylic acids is 1. The molecule has 3 rings (SSSR count). The van der Waals surface area contributed by atoms with E-state index >= 15 is 0 Å². The van der Waals surface area contributed by atoms with Gasteiger partial charge in [0, 0.05) is 24.7 Å². The monoisotopic (exact) mass is 473 g/mol. The number of hydrogen-bond donors (Lipinski definition) is 2. The molecule has 0 radical (unpaired) electrons. The Morgan fingerprint density at radius 1 is 1.03 bits per heavy atom. The molecule has 1 aromatic carbocycles. The number of nitrogens with one attached hydrogen (secondary N) is 2. The zero-order valence-corrected chi connectivity index (χ0v) is 19.0. The maximum atomic E-state index is 12.7. The molecule has 0 unspecified atom stereocenters. The van der Waals surface area contributed by atoms with Gasteiger partial charge >= 0.3 is 0 Å². The summed E-state index contributed by atoms with van der Waals surface area (Å²) in [5.74, 6) is -0.583.